The Labute approximate surface area is 251 Å². The van der Waals surface area contributed by atoms with E-state index in [1.54, 1.807) is 37.6 Å². The Kier molecular flexibility index (Phi) is 8.99. The molecule has 0 bridgehead atoms. The highest BCUT2D eigenvalue weighted by Gasteiger charge is 2.52. The predicted octanol–water partition coefficient (Wildman–Crippen LogP) is 6.23. The molecule has 1 aliphatic rings. The van der Waals surface area contributed by atoms with Crippen LogP contribution in [-0.4, -0.2) is 58.9 Å². The van der Waals surface area contributed by atoms with Crippen LogP contribution in [0.1, 0.15) is 87.1 Å². The fourth-order valence-corrected chi connectivity index (χ4v) is 6.10. The van der Waals surface area contributed by atoms with E-state index < -0.39 is 23.2 Å². The molecular weight excluding hydrogens is 554 g/mol. The largest absolute Gasteiger partial charge is 0.496 e. The molecule has 4 rings (SSSR count). The van der Waals surface area contributed by atoms with E-state index in [1.165, 1.54) is 11.3 Å². The Morgan fingerprint density at radius 1 is 1.12 bits per heavy atom. The number of methoxy groups -OCH3 is 2. The standard InChI is InChI=1S/C32H41N3O6S/c1-20-12-25(34-41-20)28-22(17-38-8)14-32(15-23-18-42-19-33-23,16-27(36)40-31(5,6)7)35(28)29(37)21-10-11-24(30(2,3)4)26(13-21)39-9/h10-14,18-19,28H,15-17H2,1-9H3/t28-,32-/m1/s1. The van der Waals surface area contributed by atoms with Crippen LogP contribution >= 0.6 is 11.3 Å². The minimum Gasteiger partial charge on any atom is -0.496 e. The zero-order valence-corrected chi connectivity index (χ0v) is 26.8. The molecule has 1 aliphatic heterocycles. The van der Waals surface area contributed by atoms with Crippen molar-refractivity contribution in [3.05, 3.63) is 75.1 Å². The lowest BCUT2D eigenvalue weighted by Gasteiger charge is -2.41. The molecule has 226 valence electrons. The molecule has 1 amide bonds. The van der Waals surface area contributed by atoms with Crippen LogP contribution in [0.4, 0.5) is 0 Å². The van der Waals surface area contributed by atoms with Gasteiger partial charge >= 0.3 is 5.97 Å². The summed E-state index contributed by atoms with van der Waals surface area (Å²) in [4.78, 5) is 34.6. The number of esters is 1. The second kappa shape index (κ2) is 12.0. The normalized spacial score (nSPS) is 19.1. The lowest BCUT2D eigenvalue weighted by Crippen LogP contribution is -2.52. The molecule has 0 saturated heterocycles. The molecule has 10 heteroatoms. The first kappa shape index (κ1) is 31.4. The van der Waals surface area contributed by atoms with Gasteiger partial charge in [-0.1, -0.05) is 38.1 Å². The number of aryl methyl sites for hydroxylation is 1. The zero-order chi connectivity index (χ0) is 30.9. The van der Waals surface area contributed by atoms with Crippen LogP contribution in [0.25, 0.3) is 0 Å². The van der Waals surface area contributed by atoms with Gasteiger partial charge in [0.1, 0.15) is 28.8 Å². The topological polar surface area (TPSA) is 104 Å². The molecule has 0 unspecified atom stereocenters. The summed E-state index contributed by atoms with van der Waals surface area (Å²) in [6.07, 6.45) is 2.16. The van der Waals surface area contributed by atoms with E-state index >= 15 is 0 Å². The summed E-state index contributed by atoms with van der Waals surface area (Å²) in [6.45, 7) is 13.8. The third-order valence-electron chi connectivity index (χ3n) is 7.10. The quantitative estimate of drug-likeness (QED) is 0.212. The van der Waals surface area contributed by atoms with E-state index in [9.17, 15) is 9.59 Å². The molecule has 1 aromatic carbocycles. The van der Waals surface area contributed by atoms with E-state index in [4.69, 9.17) is 18.7 Å². The Morgan fingerprint density at radius 3 is 2.40 bits per heavy atom. The number of thiazole rings is 1. The van der Waals surface area contributed by atoms with Gasteiger partial charge in [-0.2, -0.15) is 0 Å². The number of amides is 1. The Bertz CT molecular complexity index is 1450. The van der Waals surface area contributed by atoms with Gasteiger partial charge in [-0.15, -0.1) is 11.3 Å². The summed E-state index contributed by atoms with van der Waals surface area (Å²) >= 11 is 1.46. The number of carbonyl (C=O) groups is 2. The van der Waals surface area contributed by atoms with Gasteiger partial charge in [0.2, 0.25) is 0 Å². The van der Waals surface area contributed by atoms with Crippen LogP contribution in [0.2, 0.25) is 0 Å². The summed E-state index contributed by atoms with van der Waals surface area (Å²) in [5.74, 6) is 0.500. The van der Waals surface area contributed by atoms with Crippen LogP contribution in [0.3, 0.4) is 0 Å². The summed E-state index contributed by atoms with van der Waals surface area (Å²) in [6, 6.07) is 6.67. The summed E-state index contributed by atoms with van der Waals surface area (Å²) in [5, 5.41) is 6.25. The van der Waals surface area contributed by atoms with Gasteiger partial charge in [0.05, 0.1) is 36.9 Å². The third kappa shape index (κ3) is 6.76. The van der Waals surface area contributed by atoms with E-state index in [-0.39, 0.29) is 24.3 Å². The Morgan fingerprint density at radius 2 is 1.86 bits per heavy atom. The maximum Gasteiger partial charge on any atom is 0.309 e. The van der Waals surface area contributed by atoms with Crippen LogP contribution in [0.15, 0.2) is 51.3 Å². The lowest BCUT2D eigenvalue weighted by molar-refractivity contribution is -0.157. The first-order valence-corrected chi connectivity index (χ1v) is 14.9. The van der Waals surface area contributed by atoms with Gasteiger partial charge in [0.15, 0.2) is 0 Å². The van der Waals surface area contributed by atoms with Crippen molar-refractivity contribution in [2.45, 2.75) is 83.9 Å². The van der Waals surface area contributed by atoms with Crippen molar-refractivity contribution in [3.63, 3.8) is 0 Å². The van der Waals surface area contributed by atoms with Gasteiger partial charge < -0.3 is 23.6 Å². The minimum absolute atomic E-state index is 0.0920. The molecule has 0 spiro atoms. The maximum absolute atomic E-state index is 14.8. The molecule has 3 aromatic rings. The van der Waals surface area contributed by atoms with Gasteiger partial charge in [0.25, 0.3) is 5.91 Å². The predicted molar refractivity (Wildman–Crippen MR) is 161 cm³/mol. The fourth-order valence-electron chi connectivity index (χ4n) is 5.54. The average Bonchev–Trinajstić information content (AvgIpc) is 3.61. The molecule has 2 atom stereocenters. The fraction of sp³-hybridized carbons (Fsp3) is 0.500. The first-order chi connectivity index (χ1) is 19.7. The molecule has 9 nitrogen and oxygen atoms in total. The molecule has 0 aliphatic carbocycles. The lowest BCUT2D eigenvalue weighted by atomic mass is 9.85. The molecule has 0 saturated carbocycles. The molecule has 3 heterocycles. The average molecular weight is 596 g/mol. The van der Waals surface area contributed by atoms with Crippen LogP contribution < -0.4 is 4.74 Å². The molecule has 2 aromatic heterocycles. The van der Waals surface area contributed by atoms with E-state index in [0.717, 1.165) is 16.8 Å². The van der Waals surface area contributed by atoms with Gasteiger partial charge in [-0.3, -0.25) is 9.59 Å². The smallest absolute Gasteiger partial charge is 0.309 e. The van der Waals surface area contributed by atoms with E-state index in [2.05, 4.69) is 30.9 Å². The van der Waals surface area contributed by atoms with Crippen molar-refractivity contribution in [3.8, 4) is 5.75 Å². The molecule has 0 N–H and O–H groups in total. The highest BCUT2D eigenvalue weighted by molar-refractivity contribution is 7.07. The summed E-state index contributed by atoms with van der Waals surface area (Å²) < 4.78 is 22.6. The first-order valence-electron chi connectivity index (χ1n) is 13.9. The Hall–Kier alpha value is -3.50. The van der Waals surface area contributed by atoms with E-state index in [0.29, 0.717) is 29.2 Å². The number of ether oxygens (including phenoxy) is 3. The second-order valence-corrected chi connectivity index (χ2v) is 13.5. The van der Waals surface area contributed by atoms with Crippen molar-refractivity contribution in [1.29, 1.82) is 0 Å². The van der Waals surface area contributed by atoms with Crippen LogP contribution in [0.5, 0.6) is 5.75 Å². The SMILES string of the molecule is COCC1=C[C@](CC(=O)OC(C)(C)C)(Cc2cscn2)N(C(=O)c2ccc(C(C)(C)C)c(OC)c2)[C@H]1c1cc(C)on1. The molecular formula is C32H41N3O6S. The number of carbonyl (C=O) groups excluding carboxylic acids is 2. The van der Waals surface area contributed by atoms with Gasteiger partial charge in [0, 0.05) is 30.5 Å². The maximum atomic E-state index is 14.8. The molecule has 0 fully saturated rings. The second-order valence-electron chi connectivity index (χ2n) is 12.8. The minimum atomic E-state index is -1.13. The van der Waals surface area contributed by atoms with Crippen LogP contribution in [-0.2, 0) is 26.1 Å². The van der Waals surface area contributed by atoms with Crippen molar-refractivity contribution < 1.29 is 28.3 Å². The summed E-state index contributed by atoms with van der Waals surface area (Å²) in [5.41, 5.74) is 3.20. The number of rotatable bonds is 9. The van der Waals surface area contributed by atoms with Crippen molar-refractivity contribution >= 4 is 23.2 Å². The molecule has 0 radical (unpaired) electrons. The highest BCUT2D eigenvalue weighted by atomic mass is 32.1. The number of benzene rings is 1. The molecule has 42 heavy (non-hydrogen) atoms. The monoisotopic (exact) mass is 595 g/mol. The van der Waals surface area contributed by atoms with Crippen molar-refractivity contribution in [2.24, 2.45) is 0 Å². The highest BCUT2D eigenvalue weighted by Crippen LogP contribution is 2.47. The van der Waals surface area contributed by atoms with Crippen LogP contribution in [0, 0.1) is 6.92 Å². The summed E-state index contributed by atoms with van der Waals surface area (Å²) in [7, 11) is 3.20. The Balaban J connectivity index is 1.93. The number of hydrogen-bond acceptors (Lipinski definition) is 9. The zero-order valence-electron chi connectivity index (χ0n) is 25.9. The van der Waals surface area contributed by atoms with Gasteiger partial charge in [-0.05, 0) is 56.4 Å². The van der Waals surface area contributed by atoms with Crippen molar-refractivity contribution in [2.75, 3.05) is 20.8 Å². The number of nitrogens with zero attached hydrogens (tertiary/aromatic N) is 3. The van der Waals surface area contributed by atoms with Gasteiger partial charge in [-0.25, -0.2) is 4.98 Å². The van der Waals surface area contributed by atoms with E-state index in [1.807, 2.05) is 50.4 Å². The van der Waals surface area contributed by atoms with Crippen molar-refractivity contribution in [1.82, 2.24) is 15.0 Å². The third-order valence-corrected chi connectivity index (χ3v) is 7.73. The number of aromatic nitrogens is 2. The number of hydrogen-bond donors (Lipinski definition) is 0.